The second-order valence-corrected chi connectivity index (χ2v) is 11.9. The van der Waals surface area contributed by atoms with Gasteiger partial charge in [-0.1, -0.05) is 66.7 Å². The summed E-state index contributed by atoms with van der Waals surface area (Å²) in [5, 5.41) is 10.4. The number of hydrogen-bond acceptors (Lipinski definition) is 8. The van der Waals surface area contributed by atoms with Crippen LogP contribution in [0.15, 0.2) is 91.3 Å². The standard InChI is InChI=1S/C38H34FN5O4/c39-31-14-7-15-33(47-23-26-9-3-1-4-10-26)34(31)30-21-32-35(36-29(30)13-8-20-46-36)37(42-25-41-32)43-18-19-44(28(22-43)16-17-40)38(45)48-24-27-11-5-2-6-12-27/h1-7,9-12,14-15,21,25,28H,8,13,16,18-20,22-24H2/t28-/m0/s1. The van der Waals surface area contributed by atoms with Crippen LogP contribution in [0.5, 0.6) is 11.5 Å². The van der Waals surface area contributed by atoms with E-state index in [1.165, 1.54) is 12.4 Å². The smallest absolute Gasteiger partial charge is 0.410 e. The maximum atomic E-state index is 15.7. The van der Waals surface area contributed by atoms with Gasteiger partial charge in [-0.25, -0.2) is 19.2 Å². The summed E-state index contributed by atoms with van der Waals surface area (Å²) in [6.45, 7) is 2.15. The van der Waals surface area contributed by atoms with Gasteiger partial charge in [-0.15, -0.1) is 0 Å². The zero-order chi connectivity index (χ0) is 32.9. The normalized spacial score (nSPS) is 15.7. The molecule has 0 spiro atoms. The minimum Gasteiger partial charge on any atom is -0.492 e. The summed E-state index contributed by atoms with van der Waals surface area (Å²) in [6, 6.07) is 27.9. The molecule has 0 radical (unpaired) electrons. The summed E-state index contributed by atoms with van der Waals surface area (Å²) in [7, 11) is 0. The van der Waals surface area contributed by atoms with Gasteiger partial charge in [0.05, 0.1) is 41.6 Å². The van der Waals surface area contributed by atoms with Gasteiger partial charge in [-0.05, 0) is 47.7 Å². The maximum Gasteiger partial charge on any atom is 0.410 e. The van der Waals surface area contributed by atoms with E-state index in [-0.39, 0.29) is 13.0 Å². The molecule has 4 aromatic carbocycles. The quantitative estimate of drug-likeness (QED) is 0.177. The highest BCUT2D eigenvalue weighted by Crippen LogP contribution is 2.46. The van der Waals surface area contributed by atoms with E-state index in [0.717, 1.165) is 28.5 Å². The molecule has 7 rings (SSSR count). The number of nitriles is 1. The number of amides is 1. The lowest BCUT2D eigenvalue weighted by molar-refractivity contribution is 0.0768. The van der Waals surface area contributed by atoms with E-state index in [9.17, 15) is 10.1 Å². The molecule has 0 saturated carbocycles. The van der Waals surface area contributed by atoms with Crippen molar-refractivity contribution in [3.8, 4) is 28.7 Å². The summed E-state index contributed by atoms with van der Waals surface area (Å²) in [4.78, 5) is 26.2. The van der Waals surface area contributed by atoms with Crippen molar-refractivity contribution >= 4 is 22.8 Å². The first-order chi connectivity index (χ1) is 23.6. The molecule has 0 aliphatic carbocycles. The van der Waals surface area contributed by atoms with Crippen molar-refractivity contribution in [2.24, 2.45) is 0 Å². The number of carbonyl (C=O) groups is 1. The Morgan fingerprint density at radius 3 is 2.52 bits per heavy atom. The average molecular weight is 644 g/mol. The number of fused-ring (bicyclic) bond motifs is 3. The number of rotatable bonds is 8. The number of hydrogen-bond donors (Lipinski definition) is 0. The molecule has 0 unspecified atom stereocenters. The Bertz CT molecular complexity index is 1970. The zero-order valence-electron chi connectivity index (χ0n) is 26.3. The van der Waals surface area contributed by atoms with Crippen LogP contribution in [-0.4, -0.2) is 53.2 Å². The summed E-state index contributed by atoms with van der Waals surface area (Å²) in [5.74, 6) is 1.33. The third-order valence-electron chi connectivity index (χ3n) is 8.81. The maximum absolute atomic E-state index is 15.7. The Balaban J connectivity index is 1.21. The van der Waals surface area contributed by atoms with Crippen LogP contribution in [0.1, 0.15) is 29.5 Å². The largest absolute Gasteiger partial charge is 0.492 e. The highest BCUT2D eigenvalue weighted by Gasteiger charge is 2.34. The van der Waals surface area contributed by atoms with Gasteiger partial charge in [0.25, 0.3) is 0 Å². The van der Waals surface area contributed by atoms with Gasteiger partial charge in [0.1, 0.15) is 42.7 Å². The molecule has 10 heteroatoms. The van der Waals surface area contributed by atoms with Gasteiger partial charge in [0.2, 0.25) is 0 Å². The predicted molar refractivity (Wildman–Crippen MR) is 179 cm³/mol. The number of benzene rings is 4. The first kappa shape index (κ1) is 30.9. The van der Waals surface area contributed by atoms with Gasteiger partial charge in [-0.2, -0.15) is 5.26 Å². The molecule has 1 amide bonds. The van der Waals surface area contributed by atoms with Gasteiger partial charge >= 0.3 is 6.09 Å². The lowest BCUT2D eigenvalue weighted by Gasteiger charge is -2.40. The zero-order valence-corrected chi connectivity index (χ0v) is 26.3. The Hall–Kier alpha value is -5.69. The fraction of sp³-hybridized carbons (Fsp3) is 0.263. The minimum atomic E-state index is -0.452. The summed E-state index contributed by atoms with van der Waals surface area (Å²) >= 11 is 0. The molecule has 3 heterocycles. The van der Waals surface area contributed by atoms with Gasteiger partial charge in [0.15, 0.2) is 0 Å². The third kappa shape index (κ3) is 6.32. The molecule has 5 aromatic rings. The van der Waals surface area contributed by atoms with Crippen LogP contribution >= 0.6 is 0 Å². The number of carbonyl (C=O) groups excluding carboxylic acids is 1. The van der Waals surface area contributed by atoms with Crippen LogP contribution in [0.25, 0.3) is 22.0 Å². The molecule has 48 heavy (non-hydrogen) atoms. The predicted octanol–water partition coefficient (Wildman–Crippen LogP) is 7.08. The monoisotopic (exact) mass is 643 g/mol. The SMILES string of the molecule is N#CC[C@H]1CN(c2ncnc3cc(-c4c(F)cccc4OCc4ccccc4)c4c(c23)OCCC4)CCN1C(=O)OCc1ccccc1. The molecule has 1 atom stereocenters. The molecular formula is C38H34FN5O4. The fourth-order valence-electron chi connectivity index (χ4n) is 6.50. The second kappa shape index (κ2) is 14.0. The summed E-state index contributed by atoms with van der Waals surface area (Å²) in [6.07, 6.45) is 2.63. The van der Waals surface area contributed by atoms with Gasteiger partial charge in [0, 0.05) is 25.2 Å². The number of anilines is 1. The summed E-state index contributed by atoms with van der Waals surface area (Å²) in [5.41, 5.74) is 4.40. The second-order valence-electron chi connectivity index (χ2n) is 11.9. The van der Waals surface area contributed by atoms with Crippen LogP contribution < -0.4 is 14.4 Å². The van der Waals surface area contributed by atoms with Crippen LogP contribution in [0, 0.1) is 17.1 Å². The van der Waals surface area contributed by atoms with Crippen molar-refractivity contribution in [1.82, 2.24) is 14.9 Å². The molecule has 1 aromatic heterocycles. The van der Waals surface area contributed by atoms with E-state index >= 15 is 4.39 Å². The van der Waals surface area contributed by atoms with E-state index in [2.05, 4.69) is 16.0 Å². The Labute approximate surface area is 278 Å². The molecule has 1 saturated heterocycles. The number of halogens is 1. The molecule has 242 valence electrons. The van der Waals surface area contributed by atoms with E-state index in [4.69, 9.17) is 19.2 Å². The molecule has 0 N–H and O–H groups in total. The molecule has 2 aliphatic heterocycles. The molecule has 1 fully saturated rings. The van der Waals surface area contributed by atoms with E-state index in [1.807, 2.05) is 66.7 Å². The minimum absolute atomic E-state index is 0.137. The van der Waals surface area contributed by atoms with Crippen molar-refractivity contribution in [3.05, 3.63) is 114 Å². The van der Waals surface area contributed by atoms with Gasteiger partial charge in [-0.3, -0.25) is 0 Å². The van der Waals surface area contributed by atoms with E-state index in [0.29, 0.717) is 73.2 Å². The highest BCUT2D eigenvalue weighted by molar-refractivity contribution is 6.00. The molecule has 2 aliphatic rings. The molecule has 9 nitrogen and oxygen atoms in total. The van der Waals surface area contributed by atoms with E-state index < -0.39 is 18.0 Å². The van der Waals surface area contributed by atoms with E-state index in [1.54, 1.807) is 17.0 Å². The number of ether oxygens (including phenoxy) is 3. The van der Waals surface area contributed by atoms with Crippen molar-refractivity contribution in [1.29, 1.82) is 5.26 Å². The Morgan fingerprint density at radius 1 is 0.979 bits per heavy atom. The Kier molecular flexibility index (Phi) is 9.01. The van der Waals surface area contributed by atoms with Crippen molar-refractivity contribution < 1.29 is 23.4 Å². The third-order valence-corrected chi connectivity index (χ3v) is 8.81. The number of aromatic nitrogens is 2. The molecular weight excluding hydrogens is 609 g/mol. The lowest BCUT2D eigenvalue weighted by atomic mass is 9.91. The Morgan fingerprint density at radius 2 is 1.75 bits per heavy atom. The summed E-state index contributed by atoms with van der Waals surface area (Å²) < 4.78 is 33.9. The van der Waals surface area contributed by atoms with Crippen LogP contribution in [0.3, 0.4) is 0 Å². The van der Waals surface area contributed by atoms with Crippen LogP contribution in [-0.2, 0) is 24.4 Å². The fourth-order valence-corrected chi connectivity index (χ4v) is 6.50. The van der Waals surface area contributed by atoms with Crippen LogP contribution in [0.2, 0.25) is 0 Å². The van der Waals surface area contributed by atoms with Gasteiger partial charge < -0.3 is 24.0 Å². The van der Waals surface area contributed by atoms with Crippen molar-refractivity contribution in [2.75, 3.05) is 31.1 Å². The van der Waals surface area contributed by atoms with Crippen molar-refractivity contribution in [3.63, 3.8) is 0 Å². The highest BCUT2D eigenvalue weighted by atomic mass is 19.1. The van der Waals surface area contributed by atoms with Crippen molar-refractivity contribution in [2.45, 2.75) is 38.5 Å². The average Bonchev–Trinajstić information content (AvgIpc) is 3.13. The number of piperazine rings is 1. The van der Waals surface area contributed by atoms with Crippen LogP contribution in [0.4, 0.5) is 15.0 Å². The topological polar surface area (TPSA) is 101 Å². The lowest BCUT2D eigenvalue weighted by Crippen LogP contribution is -2.55. The number of nitrogens with zero attached hydrogens (tertiary/aromatic N) is 5. The first-order valence-electron chi connectivity index (χ1n) is 16.1. The molecule has 0 bridgehead atoms. The first-order valence-corrected chi connectivity index (χ1v) is 16.1.